The van der Waals surface area contributed by atoms with Crippen LogP contribution in [0.5, 0.6) is 17.2 Å². The van der Waals surface area contributed by atoms with Gasteiger partial charge in [0.15, 0.2) is 5.75 Å². The van der Waals surface area contributed by atoms with Crippen molar-refractivity contribution in [3.05, 3.63) is 77.9 Å². The molecule has 2 heterocycles. The number of ether oxygens (including phenoxy) is 2. The Hall–Kier alpha value is -3.36. The Morgan fingerprint density at radius 3 is 2.38 bits per heavy atom. The Labute approximate surface area is 219 Å². The van der Waals surface area contributed by atoms with Crippen molar-refractivity contribution < 1.29 is 17.9 Å². The number of hydrogen-bond acceptors (Lipinski definition) is 6. The van der Waals surface area contributed by atoms with Gasteiger partial charge in [-0.3, -0.25) is 0 Å². The Morgan fingerprint density at radius 1 is 0.892 bits per heavy atom. The number of para-hydroxylation sites is 2. The topological polar surface area (TPSA) is 71.4 Å². The zero-order valence-corrected chi connectivity index (χ0v) is 22.6. The van der Waals surface area contributed by atoms with Crippen LogP contribution in [0.2, 0.25) is 0 Å². The van der Waals surface area contributed by atoms with E-state index in [1.165, 1.54) is 0 Å². The maximum absolute atomic E-state index is 13.5. The molecule has 0 unspecified atom stereocenters. The van der Waals surface area contributed by atoms with Crippen molar-refractivity contribution in [1.82, 2.24) is 9.21 Å². The molecule has 0 N–H and O–H groups in total. The first-order valence-electron chi connectivity index (χ1n) is 12.6. The molecule has 0 saturated carbocycles. The van der Waals surface area contributed by atoms with E-state index in [0.717, 1.165) is 22.6 Å². The largest absolute Gasteiger partial charge is 0.497 e. The summed E-state index contributed by atoms with van der Waals surface area (Å²) < 4.78 is 40.3. The molecule has 0 bridgehead atoms. The molecule has 0 spiro atoms. The van der Waals surface area contributed by atoms with Crippen molar-refractivity contribution in [3.63, 3.8) is 0 Å². The second-order valence-corrected chi connectivity index (χ2v) is 12.3. The third-order valence-electron chi connectivity index (χ3n) is 6.85. The summed E-state index contributed by atoms with van der Waals surface area (Å²) in [5.74, 6) is 2.84. The Bertz CT molecular complexity index is 1430. The highest BCUT2D eigenvalue weighted by atomic mass is 32.2. The summed E-state index contributed by atoms with van der Waals surface area (Å²) in [6.07, 6.45) is 0.681. The van der Waals surface area contributed by atoms with Gasteiger partial charge in [0.25, 0.3) is 0 Å². The molecule has 2 aliphatic heterocycles. The van der Waals surface area contributed by atoms with Gasteiger partial charge in [0.1, 0.15) is 23.0 Å². The molecule has 0 atom stereocenters. The van der Waals surface area contributed by atoms with Crippen molar-refractivity contribution in [1.29, 1.82) is 0 Å². The van der Waals surface area contributed by atoms with Crippen molar-refractivity contribution in [2.24, 2.45) is 4.99 Å². The van der Waals surface area contributed by atoms with Crippen LogP contribution in [0.1, 0.15) is 38.3 Å². The maximum Gasteiger partial charge on any atom is 0.243 e. The number of benzene rings is 3. The lowest BCUT2D eigenvalue weighted by Gasteiger charge is -2.25. The maximum atomic E-state index is 13.5. The lowest BCUT2D eigenvalue weighted by molar-refractivity contribution is 0.405. The first kappa shape index (κ1) is 25.3. The van der Waals surface area contributed by atoms with Gasteiger partial charge in [-0.2, -0.15) is 4.31 Å². The van der Waals surface area contributed by atoms with Gasteiger partial charge in [-0.15, -0.1) is 0 Å². The molecule has 3 aromatic rings. The summed E-state index contributed by atoms with van der Waals surface area (Å²) in [6.45, 7) is 8.35. The summed E-state index contributed by atoms with van der Waals surface area (Å²) in [6, 6.07) is 20.6. The predicted octanol–water partition coefficient (Wildman–Crippen LogP) is 5.57. The fraction of sp³-hybridized carbons (Fsp3) is 0.345. The number of aliphatic imine (C=N–C) groups is 1. The first-order chi connectivity index (χ1) is 17.7. The van der Waals surface area contributed by atoms with Gasteiger partial charge in [0, 0.05) is 26.2 Å². The normalized spacial score (nSPS) is 16.5. The summed E-state index contributed by atoms with van der Waals surface area (Å²) >= 11 is 0. The highest BCUT2D eigenvalue weighted by molar-refractivity contribution is 7.89. The quantitative estimate of drug-likeness (QED) is 0.452. The van der Waals surface area contributed by atoms with E-state index in [9.17, 15) is 8.42 Å². The molecule has 7 nitrogen and oxygen atoms in total. The molecule has 0 aromatic heterocycles. The van der Waals surface area contributed by atoms with E-state index < -0.39 is 10.0 Å². The Morgan fingerprint density at radius 2 is 1.65 bits per heavy atom. The van der Waals surface area contributed by atoms with E-state index in [1.54, 1.807) is 23.5 Å². The number of fused-ring (bicyclic) bond motifs is 2. The molecule has 0 radical (unpaired) electrons. The van der Waals surface area contributed by atoms with Crippen LogP contribution in [0, 0.1) is 0 Å². The van der Waals surface area contributed by atoms with Crippen molar-refractivity contribution in [2.45, 2.75) is 37.5 Å². The van der Waals surface area contributed by atoms with Crippen molar-refractivity contribution in [3.8, 4) is 17.2 Å². The van der Waals surface area contributed by atoms with E-state index in [-0.39, 0.29) is 5.41 Å². The summed E-state index contributed by atoms with van der Waals surface area (Å²) in [5, 5.41) is 0. The van der Waals surface area contributed by atoms with Crippen LogP contribution in [0.3, 0.4) is 0 Å². The van der Waals surface area contributed by atoms with Gasteiger partial charge in [-0.1, -0.05) is 45.0 Å². The molecule has 5 rings (SSSR count). The molecule has 3 aromatic carbocycles. The molecule has 1 fully saturated rings. The molecule has 1 saturated heterocycles. The Balaban J connectivity index is 1.44. The van der Waals surface area contributed by atoms with Crippen LogP contribution < -0.4 is 9.47 Å². The van der Waals surface area contributed by atoms with Crippen LogP contribution in [-0.4, -0.2) is 56.7 Å². The van der Waals surface area contributed by atoms with Crippen LogP contribution in [0.4, 0.5) is 5.69 Å². The number of methoxy groups -OCH3 is 1. The number of hydrogen-bond donors (Lipinski definition) is 0. The van der Waals surface area contributed by atoms with Gasteiger partial charge in [-0.05, 0) is 59.9 Å². The molecule has 37 heavy (non-hydrogen) atoms. The minimum absolute atomic E-state index is 0.0356. The third kappa shape index (κ3) is 5.08. The van der Waals surface area contributed by atoms with E-state index in [4.69, 9.17) is 14.5 Å². The number of nitrogens with zero attached hydrogens (tertiary/aromatic N) is 3. The number of rotatable bonds is 3. The van der Waals surface area contributed by atoms with Gasteiger partial charge < -0.3 is 14.4 Å². The molecular weight excluding hydrogens is 486 g/mol. The lowest BCUT2D eigenvalue weighted by atomic mass is 9.87. The molecular formula is C29H33N3O4S. The predicted molar refractivity (Wildman–Crippen MR) is 146 cm³/mol. The zero-order chi connectivity index (χ0) is 26.2. The fourth-order valence-corrected chi connectivity index (χ4v) is 6.16. The fourth-order valence-electron chi connectivity index (χ4n) is 4.69. The van der Waals surface area contributed by atoms with E-state index in [0.29, 0.717) is 54.7 Å². The van der Waals surface area contributed by atoms with Gasteiger partial charge in [0.05, 0.1) is 17.6 Å². The molecule has 194 valence electrons. The van der Waals surface area contributed by atoms with Crippen molar-refractivity contribution >= 4 is 21.5 Å². The monoisotopic (exact) mass is 519 g/mol. The minimum Gasteiger partial charge on any atom is -0.497 e. The lowest BCUT2D eigenvalue weighted by Crippen LogP contribution is -2.37. The van der Waals surface area contributed by atoms with E-state index in [2.05, 4.69) is 25.7 Å². The summed E-state index contributed by atoms with van der Waals surface area (Å²) in [7, 11) is -1.97. The number of sulfonamides is 1. The average molecular weight is 520 g/mol. The third-order valence-corrected chi connectivity index (χ3v) is 8.76. The summed E-state index contributed by atoms with van der Waals surface area (Å²) in [4.78, 5) is 7.48. The smallest absolute Gasteiger partial charge is 0.243 e. The van der Waals surface area contributed by atoms with Gasteiger partial charge >= 0.3 is 0 Å². The average Bonchev–Trinajstić information content (AvgIpc) is 3.23. The SMILES string of the molecule is COc1ccc2c(c1)C(N1CCCN(S(=O)(=O)c3ccc(C(C)(C)C)cc3)CC1)=Nc1ccccc1O2. The second-order valence-electron chi connectivity index (χ2n) is 10.4. The van der Waals surface area contributed by atoms with Crippen LogP contribution in [0.25, 0.3) is 0 Å². The van der Waals surface area contributed by atoms with Crippen LogP contribution in [-0.2, 0) is 15.4 Å². The standard InChI is InChI=1S/C29H33N3O4S/c1-29(2,3)21-10-13-23(14-11-21)37(33,34)32-17-7-16-31(18-19-32)28-24-20-22(35-4)12-15-26(24)36-27-9-6-5-8-25(27)30-28/h5-6,8-15,20H,7,16-19H2,1-4H3. The first-order valence-corrected chi connectivity index (χ1v) is 14.0. The molecule has 0 aliphatic carbocycles. The highest BCUT2D eigenvalue weighted by Gasteiger charge is 2.30. The summed E-state index contributed by atoms with van der Waals surface area (Å²) in [5.41, 5.74) is 2.63. The Kier molecular flexibility index (Phi) is 6.72. The second kappa shape index (κ2) is 9.84. The van der Waals surface area contributed by atoms with Crippen LogP contribution in [0.15, 0.2) is 76.6 Å². The molecule has 8 heteroatoms. The van der Waals surface area contributed by atoms with Gasteiger partial charge in [-0.25, -0.2) is 13.4 Å². The molecule has 2 aliphatic rings. The zero-order valence-electron chi connectivity index (χ0n) is 21.8. The number of amidine groups is 1. The van der Waals surface area contributed by atoms with Crippen molar-refractivity contribution in [2.75, 3.05) is 33.3 Å². The highest BCUT2D eigenvalue weighted by Crippen LogP contribution is 2.39. The molecule has 0 amide bonds. The van der Waals surface area contributed by atoms with Crippen LogP contribution >= 0.6 is 0 Å². The minimum atomic E-state index is -3.61. The van der Waals surface area contributed by atoms with E-state index >= 15 is 0 Å². The van der Waals surface area contributed by atoms with Gasteiger partial charge in [0.2, 0.25) is 10.0 Å². The van der Waals surface area contributed by atoms with E-state index in [1.807, 2.05) is 54.6 Å².